The maximum absolute atomic E-state index is 14.1. The monoisotopic (exact) mass is 296 g/mol. The molecule has 0 radical (unpaired) electrons. The summed E-state index contributed by atoms with van der Waals surface area (Å²) < 4.78 is 52.6. The third kappa shape index (κ3) is 1.73. The Morgan fingerprint density at radius 2 is 1.65 bits per heavy atom. The molecule has 0 atom stereocenters. The second-order valence-corrected chi connectivity index (χ2v) is 9.87. The molecule has 5 heteroatoms. The largest absolute Gasteiger partial charge is 0.416 e. The molecule has 0 fully saturated rings. The minimum atomic E-state index is -4.41. The Morgan fingerprint density at radius 3 is 2.30 bits per heavy atom. The Balaban J connectivity index is 2.34. The quantitative estimate of drug-likeness (QED) is 0.514. The van der Waals surface area contributed by atoms with Crippen molar-refractivity contribution in [3.8, 4) is 11.1 Å². The number of alkyl halides is 3. The Bertz CT molecular complexity index is 702. The average molecular weight is 296 g/mol. The van der Waals surface area contributed by atoms with Gasteiger partial charge in [0.1, 0.15) is 13.9 Å². The van der Waals surface area contributed by atoms with Gasteiger partial charge < -0.3 is 0 Å². The number of rotatable bonds is 0. The lowest BCUT2D eigenvalue weighted by atomic mass is 10.0. The van der Waals surface area contributed by atoms with Gasteiger partial charge in [-0.3, -0.25) is 0 Å². The highest BCUT2D eigenvalue weighted by Crippen LogP contribution is 2.35. The minimum absolute atomic E-state index is 0.352. The molecule has 104 valence electrons. The molecule has 2 aromatic rings. The van der Waals surface area contributed by atoms with Gasteiger partial charge in [0.25, 0.3) is 0 Å². The standard InChI is InChI=1S/C15H12F4Si/c1-20(2)12-7-6-9(15(17,18)19)8-10(12)14-11(16)4-3-5-13(14)20/h3-8H,1-2H3. The van der Waals surface area contributed by atoms with E-state index in [4.69, 9.17) is 0 Å². The van der Waals surface area contributed by atoms with Crippen LogP contribution < -0.4 is 10.4 Å². The van der Waals surface area contributed by atoms with E-state index in [1.54, 1.807) is 6.07 Å². The summed E-state index contributed by atoms with van der Waals surface area (Å²) in [5.41, 5.74) is 0.0343. The normalized spacial score (nSPS) is 15.9. The first-order valence-electron chi connectivity index (χ1n) is 6.24. The molecule has 3 rings (SSSR count). The van der Waals surface area contributed by atoms with E-state index in [9.17, 15) is 17.6 Å². The third-order valence-electron chi connectivity index (χ3n) is 3.98. The van der Waals surface area contributed by atoms with E-state index in [0.717, 1.165) is 22.5 Å². The van der Waals surface area contributed by atoms with E-state index in [2.05, 4.69) is 0 Å². The van der Waals surface area contributed by atoms with Crippen LogP contribution in [0.2, 0.25) is 13.1 Å². The van der Waals surface area contributed by atoms with Crippen molar-refractivity contribution >= 4 is 18.4 Å². The van der Waals surface area contributed by atoms with Gasteiger partial charge in [0.05, 0.1) is 5.56 Å². The van der Waals surface area contributed by atoms with Crippen molar-refractivity contribution < 1.29 is 17.6 Å². The summed E-state index contributed by atoms with van der Waals surface area (Å²) in [6.07, 6.45) is -4.41. The first-order valence-corrected chi connectivity index (χ1v) is 9.24. The number of hydrogen-bond donors (Lipinski definition) is 0. The molecule has 0 unspecified atom stereocenters. The van der Waals surface area contributed by atoms with Crippen LogP contribution in [0.4, 0.5) is 17.6 Å². The SMILES string of the molecule is C[Si]1(C)c2ccc(C(F)(F)F)cc2-c2c(F)cccc21. The molecule has 0 aliphatic carbocycles. The van der Waals surface area contributed by atoms with E-state index < -0.39 is 25.6 Å². The predicted molar refractivity (Wildman–Crippen MR) is 73.6 cm³/mol. The zero-order valence-corrected chi connectivity index (χ0v) is 12.0. The van der Waals surface area contributed by atoms with Crippen molar-refractivity contribution in [2.75, 3.05) is 0 Å². The van der Waals surface area contributed by atoms with Crippen LogP contribution in [-0.4, -0.2) is 8.07 Å². The topological polar surface area (TPSA) is 0 Å². The van der Waals surface area contributed by atoms with Crippen LogP contribution in [0.15, 0.2) is 36.4 Å². The maximum Gasteiger partial charge on any atom is 0.416 e. The van der Waals surface area contributed by atoms with Crippen molar-refractivity contribution in [1.82, 2.24) is 0 Å². The third-order valence-corrected chi connectivity index (χ3v) is 7.52. The zero-order valence-electron chi connectivity index (χ0n) is 11.0. The van der Waals surface area contributed by atoms with Gasteiger partial charge in [0, 0.05) is 5.56 Å². The zero-order chi connectivity index (χ0) is 14.7. The summed E-state index contributed by atoms with van der Waals surface area (Å²) in [7, 11) is -2.10. The smallest absolute Gasteiger partial charge is 0.206 e. The predicted octanol–water partition coefficient (Wildman–Crippen LogP) is 3.65. The molecule has 0 saturated heterocycles. The van der Waals surface area contributed by atoms with Crippen LogP contribution in [0.25, 0.3) is 11.1 Å². The van der Waals surface area contributed by atoms with E-state index in [-0.39, 0.29) is 0 Å². The molecule has 1 heterocycles. The fraction of sp³-hybridized carbons (Fsp3) is 0.200. The molecule has 0 aromatic heterocycles. The van der Waals surface area contributed by atoms with Gasteiger partial charge in [0.15, 0.2) is 0 Å². The first-order chi connectivity index (χ1) is 9.23. The fourth-order valence-electron chi connectivity index (χ4n) is 2.94. The summed E-state index contributed by atoms with van der Waals surface area (Å²) in [5.74, 6) is -0.443. The van der Waals surface area contributed by atoms with Crippen molar-refractivity contribution in [2.45, 2.75) is 19.3 Å². The molecule has 0 amide bonds. The minimum Gasteiger partial charge on any atom is -0.206 e. The van der Waals surface area contributed by atoms with E-state index >= 15 is 0 Å². The second-order valence-electron chi connectivity index (χ2n) is 5.55. The number of benzene rings is 2. The molecule has 0 nitrogen and oxygen atoms in total. The van der Waals surface area contributed by atoms with Gasteiger partial charge in [-0.05, 0) is 28.1 Å². The number of hydrogen-bond acceptors (Lipinski definition) is 0. The molecule has 20 heavy (non-hydrogen) atoms. The molecule has 0 N–H and O–H groups in total. The van der Waals surface area contributed by atoms with Crippen LogP contribution >= 0.6 is 0 Å². The Labute approximate surface area is 115 Å². The van der Waals surface area contributed by atoms with Crippen molar-refractivity contribution in [1.29, 1.82) is 0 Å². The Kier molecular flexibility index (Phi) is 2.64. The molecule has 0 bridgehead atoms. The molecule has 1 aliphatic rings. The van der Waals surface area contributed by atoms with Gasteiger partial charge in [-0.1, -0.05) is 37.4 Å². The molecular weight excluding hydrogens is 284 g/mol. The van der Waals surface area contributed by atoms with Crippen LogP contribution in [0.1, 0.15) is 5.56 Å². The van der Waals surface area contributed by atoms with Crippen molar-refractivity contribution in [3.63, 3.8) is 0 Å². The summed E-state index contributed by atoms with van der Waals surface area (Å²) >= 11 is 0. The van der Waals surface area contributed by atoms with Gasteiger partial charge in [0.2, 0.25) is 0 Å². The van der Waals surface area contributed by atoms with Crippen LogP contribution in [0.3, 0.4) is 0 Å². The molecular formula is C15H12F4Si. The maximum atomic E-state index is 14.1. The van der Waals surface area contributed by atoms with Crippen LogP contribution in [0.5, 0.6) is 0 Å². The second kappa shape index (κ2) is 3.94. The molecule has 0 spiro atoms. The molecule has 0 saturated carbocycles. The van der Waals surface area contributed by atoms with Crippen LogP contribution in [-0.2, 0) is 6.18 Å². The van der Waals surface area contributed by atoms with Crippen molar-refractivity contribution in [2.24, 2.45) is 0 Å². The van der Waals surface area contributed by atoms with Gasteiger partial charge in [-0.15, -0.1) is 0 Å². The Hall–Kier alpha value is -1.62. The fourth-order valence-corrected chi connectivity index (χ4v) is 5.99. The lowest BCUT2D eigenvalue weighted by molar-refractivity contribution is -0.137. The highest BCUT2D eigenvalue weighted by Gasteiger charge is 2.40. The lowest BCUT2D eigenvalue weighted by Crippen LogP contribution is -2.49. The van der Waals surface area contributed by atoms with E-state index in [1.165, 1.54) is 12.1 Å². The highest BCUT2D eigenvalue weighted by atomic mass is 28.3. The van der Waals surface area contributed by atoms with Crippen LogP contribution in [0, 0.1) is 5.82 Å². The summed E-state index contributed by atoms with van der Waals surface area (Å²) in [4.78, 5) is 0. The van der Waals surface area contributed by atoms with Gasteiger partial charge >= 0.3 is 6.18 Å². The van der Waals surface area contributed by atoms with E-state index in [1.807, 2.05) is 19.2 Å². The summed E-state index contributed by atoms with van der Waals surface area (Å²) in [6.45, 7) is 4.06. The Morgan fingerprint density at radius 1 is 0.950 bits per heavy atom. The summed E-state index contributed by atoms with van der Waals surface area (Å²) in [6, 6.07) is 8.45. The summed E-state index contributed by atoms with van der Waals surface area (Å²) in [5, 5.41) is 1.73. The number of halogens is 4. The van der Waals surface area contributed by atoms with Crippen molar-refractivity contribution in [3.05, 3.63) is 47.8 Å². The van der Waals surface area contributed by atoms with E-state index in [0.29, 0.717) is 11.1 Å². The highest BCUT2D eigenvalue weighted by molar-refractivity contribution is 7.03. The van der Waals surface area contributed by atoms with Gasteiger partial charge in [-0.25, -0.2) is 4.39 Å². The number of fused-ring (bicyclic) bond motifs is 3. The van der Waals surface area contributed by atoms with Gasteiger partial charge in [-0.2, -0.15) is 13.2 Å². The molecule has 2 aromatic carbocycles. The lowest BCUT2D eigenvalue weighted by Gasteiger charge is -2.18. The molecule has 1 aliphatic heterocycles. The average Bonchev–Trinajstić information content (AvgIpc) is 2.58. The first kappa shape index (κ1) is 13.4.